The summed E-state index contributed by atoms with van der Waals surface area (Å²) in [6.45, 7) is 0. The largest absolute Gasteiger partial charge is 0.357 e. The molecule has 7 heteroatoms. The average Bonchev–Trinajstić information content (AvgIpc) is 2.50. The summed E-state index contributed by atoms with van der Waals surface area (Å²) in [5.74, 6) is 0.0830. The fraction of sp³-hybridized carbons (Fsp3) is 0.333. The number of carbonyl (C=O) groups is 2. The third kappa shape index (κ3) is 1.90. The van der Waals surface area contributed by atoms with Crippen molar-refractivity contribution in [1.82, 2.24) is 14.9 Å². The zero-order chi connectivity index (χ0) is 11.7. The molecule has 1 aromatic heterocycles. The predicted octanol–water partition coefficient (Wildman–Crippen LogP) is 0.408. The number of halogens is 1. The Balaban J connectivity index is 2.15. The van der Waals surface area contributed by atoms with Crippen LogP contribution in [0.3, 0.4) is 0 Å². The molecule has 0 bridgehead atoms. The van der Waals surface area contributed by atoms with Gasteiger partial charge < -0.3 is 5.32 Å². The topological polar surface area (TPSA) is 75.2 Å². The number of aromatic nitrogens is 2. The normalized spacial score (nSPS) is 20.4. The van der Waals surface area contributed by atoms with Crippen LogP contribution in [0.15, 0.2) is 17.0 Å². The summed E-state index contributed by atoms with van der Waals surface area (Å²) in [4.78, 5) is 31.8. The molecule has 1 aromatic rings. The maximum absolute atomic E-state index is 11.6. The first-order valence-corrected chi connectivity index (χ1v) is 5.41. The van der Waals surface area contributed by atoms with Crippen LogP contribution in [0.4, 0.5) is 5.82 Å². The van der Waals surface area contributed by atoms with E-state index in [4.69, 9.17) is 0 Å². The van der Waals surface area contributed by atoms with Crippen molar-refractivity contribution in [1.29, 1.82) is 0 Å². The Morgan fingerprint density at radius 1 is 1.56 bits per heavy atom. The predicted molar refractivity (Wildman–Crippen MR) is 59.5 cm³/mol. The van der Waals surface area contributed by atoms with Gasteiger partial charge in [0.25, 0.3) is 5.91 Å². The number of imide groups is 1. The van der Waals surface area contributed by atoms with E-state index >= 15 is 0 Å². The first kappa shape index (κ1) is 11.0. The number of hydrogen-bond acceptors (Lipinski definition) is 5. The molecule has 1 fully saturated rings. The molecule has 1 aliphatic heterocycles. The minimum atomic E-state index is -0.538. The lowest BCUT2D eigenvalue weighted by molar-refractivity contribution is -0.136. The molecule has 1 unspecified atom stereocenters. The Bertz CT molecular complexity index is 451. The van der Waals surface area contributed by atoms with Gasteiger partial charge in [-0.2, -0.15) is 0 Å². The molecule has 0 radical (unpaired) electrons. The van der Waals surface area contributed by atoms with Crippen LogP contribution in [0.25, 0.3) is 0 Å². The minimum Gasteiger partial charge on any atom is -0.357 e. The summed E-state index contributed by atoms with van der Waals surface area (Å²) < 4.78 is 0.657. The van der Waals surface area contributed by atoms with Crippen molar-refractivity contribution in [3.63, 3.8) is 0 Å². The first-order chi connectivity index (χ1) is 7.59. The number of nitrogens with zero attached hydrogens (tertiary/aromatic N) is 3. The van der Waals surface area contributed by atoms with Crippen LogP contribution in [0.2, 0.25) is 0 Å². The highest BCUT2D eigenvalue weighted by atomic mass is 79.9. The van der Waals surface area contributed by atoms with E-state index in [1.165, 1.54) is 13.4 Å². The quantitative estimate of drug-likeness (QED) is 0.796. The minimum absolute atomic E-state index is 0.159. The number of amides is 2. The molecule has 2 rings (SSSR count). The molecule has 84 valence electrons. The van der Waals surface area contributed by atoms with E-state index in [2.05, 4.69) is 31.2 Å². The monoisotopic (exact) mass is 284 g/mol. The molecule has 1 atom stereocenters. The van der Waals surface area contributed by atoms with Gasteiger partial charge in [-0.15, -0.1) is 0 Å². The number of nitrogens with one attached hydrogen (secondary N) is 1. The molecule has 6 nitrogen and oxygen atoms in total. The van der Waals surface area contributed by atoms with Gasteiger partial charge in [0.15, 0.2) is 0 Å². The number of carbonyl (C=O) groups excluding carboxylic acids is 2. The molecule has 2 heterocycles. The first-order valence-electron chi connectivity index (χ1n) is 4.62. The second-order valence-corrected chi connectivity index (χ2v) is 4.27. The van der Waals surface area contributed by atoms with Crippen LogP contribution in [0.1, 0.15) is 6.42 Å². The molecule has 1 saturated heterocycles. The summed E-state index contributed by atoms with van der Waals surface area (Å²) in [7, 11) is 1.47. The Morgan fingerprint density at radius 2 is 2.31 bits per heavy atom. The van der Waals surface area contributed by atoms with Gasteiger partial charge in [0, 0.05) is 13.2 Å². The van der Waals surface area contributed by atoms with Gasteiger partial charge >= 0.3 is 0 Å². The van der Waals surface area contributed by atoms with Crippen LogP contribution in [0, 0.1) is 0 Å². The molecular weight excluding hydrogens is 276 g/mol. The van der Waals surface area contributed by atoms with E-state index < -0.39 is 6.04 Å². The Hall–Kier alpha value is -1.50. The summed E-state index contributed by atoms with van der Waals surface area (Å²) in [6, 6.07) is -0.538. The van der Waals surface area contributed by atoms with Crippen LogP contribution >= 0.6 is 15.9 Å². The number of hydrogen-bond donors (Lipinski definition) is 1. The summed E-state index contributed by atoms with van der Waals surface area (Å²) >= 11 is 3.26. The number of anilines is 1. The average molecular weight is 285 g/mol. The van der Waals surface area contributed by atoms with E-state index in [-0.39, 0.29) is 18.2 Å². The number of likely N-dealkylation sites (tertiary alicyclic amines) is 1. The standard InChI is InChI=1S/C9H9BrN4O2/c1-14-7(15)2-6(9(14)16)13-8-5(10)3-11-4-12-8/h3-4,6H,2H2,1H3,(H,11,12,13). The fourth-order valence-electron chi connectivity index (χ4n) is 1.45. The molecule has 16 heavy (non-hydrogen) atoms. The van der Waals surface area contributed by atoms with Crippen molar-refractivity contribution in [2.24, 2.45) is 0 Å². The van der Waals surface area contributed by atoms with E-state index in [9.17, 15) is 9.59 Å². The van der Waals surface area contributed by atoms with Crippen molar-refractivity contribution in [2.75, 3.05) is 12.4 Å². The number of rotatable bonds is 2. The lowest BCUT2D eigenvalue weighted by atomic mass is 10.2. The highest BCUT2D eigenvalue weighted by molar-refractivity contribution is 9.10. The van der Waals surface area contributed by atoms with Crippen LogP contribution in [0.5, 0.6) is 0 Å². The smallest absolute Gasteiger partial charge is 0.251 e. The maximum Gasteiger partial charge on any atom is 0.251 e. The van der Waals surface area contributed by atoms with Crippen molar-refractivity contribution in [3.8, 4) is 0 Å². The third-order valence-corrected chi connectivity index (χ3v) is 2.94. The van der Waals surface area contributed by atoms with Crippen molar-refractivity contribution in [2.45, 2.75) is 12.5 Å². The third-order valence-electron chi connectivity index (χ3n) is 2.36. The van der Waals surface area contributed by atoms with Crippen molar-refractivity contribution >= 4 is 33.6 Å². The lowest BCUT2D eigenvalue weighted by Gasteiger charge is -2.12. The van der Waals surface area contributed by atoms with Crippen LogP contribution in [-0.2, 0) is 9.59 Å². The van der Waals surface area contributed by atoms with Gasteiger partial charge in [-0.05, 0) is 15.9 Å². The summed E-state index contributed by atoms with van der Waals surface area (Å²) in [5.41, 5.74) is 0. The van der Waals surface area contributed by atoms with E-state index in [1.807, 2.05) is 0 Å². The van der Waals surface area contributed by atoms with E-state index in [1.54, 1.807) is 6.20 Å². The van der Waals surface area contributed by atoms with Gasteiger partial charge in [0.05, 0.1) is 10.9 Å². The molecule has 2 amide bonds. The summed E-state index contributed by atoms with van der Waals surface area (Å²) in [5, 5.41) is 2.91. The Morgan fingerprint density at radius 3 is 2.88 bits per heavy atom. The maximum atomic E-state index is 11.6. The van der Waals surface area contributed by atoms with Crippen molar-refractivity contribution < 1.29 is 9.59 Å². The molecular formula is C9H9BrN4O2. The molecule has 0 aromatic carbocycles. The fourth-order valence-corrected chi connectivity index (χ4v) is 1.79. The molecule has 0 aliphatic carbocycles. The van der Waals surface area contributed by atoms with Gasteiger partial charge in [-0.3, -0.25) is 14.5 Å². The summed E-state index contributed by atoms with van der Waals surface area (Å²) in [6.07, 6.45) is 3.10. The zero-order valence-corrected chi connectivity index (χ0v) is 10.1. The van der Waals surface area contributed by atoms with Crippen molar-refractivity contribution in [3.05, 3.63) is 17.0 Å². The highest BCUT2D eigenvalue weighted by Gasteiger charge is 2.36. The molecule has 1 aliphatic rings. The van der Waals surface area contributed by atoms with E-state index in [0.29, 0.717) is 10.3 Å². The van der Waals surface area contributed by atoms with Crippen LogP contribution < -0.4 is 5.32 Å². The molecule has 0 saturated carbocycles. The van der Waals surface area contributed by atoms with Crippen LogP contribution in [-0.4, -0.2) is 39.8 Å². The Labute approximate surface area is 100 Å². The van der Waals surface area contributed by atoms with Gasteiger partial charge in [0.2, 0.25) is 5.91 Å². The second kappa shape index (κ2) is 4.17. The van der Waals surface area contributed by atoms with E-state index in [0.717, 1.165) is 4.90 Å². The van der Waals surface area contributed by atoms with Gasteiger partial charge in [0.1, 0.15) is 18.2 Å². The molecule has 0 spiro atoms. The highest BCUT2D eigenvalue weighted by Crippen LogP contribution is 2.21. The SMILES string of the molecule is CN1C(=O)CC(Nc2ncncc2Br)C1=O. The number of likely N-dealkylation sites (N-methyl/N-ethyl adjacent to an activating group) is 1. The zero-order valence-electron chi connectivity index (χ0n) is 8.48. The van der Waals surface area contributed by atoms with Gasteiger partial charge in [-0.1, -0.05) is 0 Å². The lowest BCUT2D eigenvalue weighted by Crippen LogP contribution is -2.32. The van der Waals surface area contributed by atoms with Gasteiger partial charge in [-0.25, -0.2) is 9.97 Å². The second-order valence-electron chi connectivity index (χ2n) is 3.41. The Kier molecular flexibility index (Phi) is 2.86. The molecule has 1 N–H and O–H groups in total.